The standard InChI is InChI=1S/C27H25N3O5/c1-30(2)27(34)20-12-7-13-21(24(20)31)29-23-22(25(32)26(23)33)28-15-18-10-6-11-19(14-18)35-16-17-8-4-3-5-9-17/h3-14,28-29,31H,15-16H2,1-2H3. The van der Waals surface area contributed by atoms with E-state index in [1.54, 1.807) is 20.2 Å². The summed E-state index contributed by atoms with van der Waals surface area (Å²) in [6, 6.07) is 21.8. The Morgan fingerprint density at radius 2 is 1.57 bits per heavy atom. The minimum Gasteiger partial charge on any atom is -0.505 e. The van der Waals surface area contributed by atoms with Gasteiger partial charge in [-0.1, -0.05) is 48.5 Å². The molecule has 178 valence electrons. The molecule has 8 heteroatoms. The largest absolute Gasteiger partial charge is 0.505 e. The van der Waals surface area contributed by atoms with Gasteiger partial charge in [0.15, 0.2) is 5.75 Å². The molecule has 0 heterocycles. The van der Waals surface area contributed by atoms with Crippen LogP contribution < -0.4 is 26.2 Å². The first kappa shape index (κ1) is 23.6. The topological polar surface area (TPSA) is 108 Å². The highest BCUT2D eigenvalue weighted by Gasteiger charge is 2.23. The Morgan fingerprint density at radius 1 is 0.886 bits per heavy atom. The quantitative estimate of drug-likeness (QED) is 0.253. The minimum absolute atomic E-state index is 0.0382. The Morgan fingerprint density at radius 3 is 2.31 bits per heavy atom. The molecule has 0 unspecified atom stereocenters. The van der Waals surface area contributed by atoms with E-state index in [0.29, 0.717) is 12.4 Å². The highest BCUT2D eigenvalue weighted by Crippen LogP contribution is 2.32. The number of hydrogen-bond donors (Lipinski definition) is 3. The van der Waals surface area contributed by atoms with E-state index in [1.165, 1.54) is 17.0 Å². The van der Waals surface area contributed by atoms with Crippen LogP contribution in [0.25, 0.3) is 0 Å². The van der Waals surface area contributed by atoms with Crippen LogP contribution in [0.3, 0.4) is 0 Å². The Hall–Kier alpha value is -4.59. The second kappa shape index (κ2) is 10.1. The van der Waals surface area contributed by atoms with Gasteiger partial charge in [0.2, 0.25) is 0 Å². The summed E-state index contributed by atoms with van der Waals surface area (Å²) in [5, 5.41) is 16.3. The molecule has 8 nitrogen and oxygen atoms in total. The number of hydrogen-bond acceptors (Lipinski definition) is 7. The number of carbonyl (C=O) groups is 1. The van der Waals surface area contributed by atoms with Gasteiger partial charge in [-0.2, -0.15) is 0 Å². The maximum absolute atomic E-state index is 12.3. The lowest BCUT2D eigenvalue weighted by Crippen LogP contribution is -2.36. The number of phenols is 1. The van der Waals surface area contributed by atoms with Crippen molar-refractivity contribution in [3.63, 3.8) is 0 Å². The van der Waals surface area contributed by atoms with Gasteiger partial charge in [-0.15, -0.1) is 0 Å². The Kier molecular flexibility index (Phi) is 6.82. The number of benzene rings is 3. The highest BCUT2D eigenvalue weighted by atomic mass is 16.5. The van der Waals surface area contributed by atoms with E-state index >= 15 is 0 Å². The zero-order valence-corrected chi connectivity index (χ0v) is 19.4. The van der Waals surface area contributed by atoms with E-state index in [0.717, 1.165) is 11.1 Å². The van der Waals surface area contributed by atoms with Crippen molar-refractivity contribution in [1.29, 1.82) is 0 Å². The molecule has 4 rings (SSSR count). The molecule has 0 aliphatic carbocycles. The average molecular weight is 472 g/mol. The number of phenolic OH excluding ortho intramolecular Hbond substituents is 1. The Labute approximate surface area is 202 Å². The van der Waals surface area contributed by atoms with Crippen LogP contribution in [0.4, 0.5) is 17.1 Å². The summed E-state index contributed by atoms with van der Waals surface area (Å²) in [6.07, 6.45) is 0. The molecular formula is C27H25N3O5. The van der Waals surface area contributed by atoms with Crippen molar-refractivity contribution in [2.75, 3.05) is 24.7 Å². The molecule has 0 saturated heterocycles. The fourth-order valence-corrected chi connectivity index (χ4v) is 3.55. The van der Waals surface area contributed by atoms with Gasteiger partial charge in [0.1, 0.15) is 23.7 Å². The van der Waals surface area contributed by atoms with Crippen LogP contribution in [-0.2, 0) is 13.2 Å². The van der Waals surface area contributed by atoms with Crippen molar-refractivity contribution in [3.05, 3.63) is 110 Å². The summed E-state index contributed by atoms with van der Waals surface area (Å²) in [7, 11) is 3.14. The first-order valence-corrected chi connectivity index (χ1v) is 11.0. The molecule has 0 saturated carbocycles. The van der Waals surface area contributed by atoms with E-state index in [2.05, 4.69) is 10.6 Å². The molecular weight excluding hydrogens is 446 g/mol. The van der Waals surface area contributed by atoms with Gasteiger partial charge in [0.25, 0.3) is 16.8 Å². The number of amides is 1. The number of nitrogens with one attached hydrogen (secondary N) is 2. The van der Waals surface area contributed by atoms with Crippen LogP contribution in [0.1, 0.15) is 21.5 Å². The predicted molar refractivity (Wildman–Crippen MR) is 135 cm³/mol. The smallest absolute Gasteiger partial charge is 0.257 e. The van der Waals surface area contributed by atoms with Gasteiger partial charge in [-0.25, -0.2) is 0 Å². The molecule has 0 bridgehead atoms. The fourth-order valence-electron chi connectivity index (χ4n) is 3.55. The van der Waals surface area contributed by atoms with Gasteiger partial charge >= 0.3 is 0 Å². The maximum atomic E-state index is 12.3. The molecule has 0 spiro atoms. The van der Waals surface area contributed by atoms with Gasteiger partial charge in [-0.3, -0.25) is 14.4 Å². The average Bonchev–Trinajstić information content (AvgIpc) is 2.88. The van der Waals surface area contributed by atoms with E-state index in [4.69, 9.17) is 4.74 Å². The molecule has 0 atom stereocenters. The number of ether oxygens (including phenoxy) is 1. The number of para-hydroxylation sites is 1. The number of rotatable bonds is 9. The third-order valence-electron chi connectivity index (χ3n) is 5.46. The summed E-state index contributed by atoms with van der Waals surface area (Å²) in [6.45, 7) is 0.718. The summed E-state index contributed by atoms with van der Waals surface area (Å²) in [5.74, 6) is 0.00103. The molecule has 0 fully saturated rings. The third-order valence-corrected chi connectivity index (χ3v) is 5.46. The number of nitrogens with zero attached hydrogens (tertiary/aromatic N) is 1. The van der Waals surface area contributed by atoms with Gasteiger partial charge in [0.05, 0.1) is 11.3 Å². The van der Waals surface area contributed by atoms with Crippen LogP contribution in [0, 0.1) is 0 Å². The lowest BCUT2D eigenvalue weighted by Gasteiger charge is -2.18. The van der Waals surface area contributed by atoms with E-state index in [-0.39, 0.29) is 40.8 Å². The summed E-state index contributed by atoms with van der Waals surface area (Å²) >= 11 is 0. The van der Waals surface area contributed by atoms with Crippen LogP contribution >= 0.6 is 0 Å². The Bertz CT molecular complexity index is 1420. The van der Waals surface area contributed by atoms with Crippen LogP contribution in [0.15, 0.2) is 82.4 Å². The lowest BCUT2D eigenvalue weighted by atomic mass is 10.1. The summed E-state index contributed by atoms with van der Waals surface area (Å²) in [4.78, 5) is 38.0. The molecule has 0 radical (unpaired) electrons. The van der Waals surface area contributed by atoms with Crippen molar-refractivity contribution >= 4 is 23.0 Å². The number of anilines is 3. The second-order valence-corrected chi connectivity index (χ2v) is 8.21. The third kappa shape index (κ3) is 5.16. The zero-order chi connectivity index (χ0) is 24.9. The first-order chi connectivity index (χ1) is 16.8. The molecule has 0 aliphatic rings. The van der Waals surface area contributed by atoms with E-state index in [9.17, 15) is 19.5 Å². The Balaban J connectivity index is 1.45. The number of aromatic hydroxyl groups is 1. The molecule has 4 aromatic rings. The van der Waals surface area contributed by atoms with Crippen molar-refractivity contribution in [2.24, 2.45) is 0 Å². The van der Waals surface area contributed by atoms with Gasteiger partial charge in [-0.05, 0) is 35.4 Å². The van der Waals surface area contributed by atoms with Gasteiger partial charge in [0, 0.05) is 20.6 Å². The van der Waals surface area contributed by atoms with E-state index in [1.807, 2.05) is 54.6 Å². The van der Waals surface area contributed by atoms with Crippen molar-refractivity contribution in [1.82, 2.24) is 4.90 Å². The molecule has 4 aromatic carbocycles. The van der Waals surface area contributed by atoms with Crippen LogP contribution in [-0.4, -0.2) is 30.0 Å². The van der Waals surface area contributed by atoms with Crippen molar-refractivity contribution in [3.8, 4) is 11.5 Å². The summed E-state index contributed by atoms with van der Waals surface area (Å²) < 4.78 is 5.85. The van der Waals surface area contributed by atoms with Crippen LogP contribution in [0.2, 0.25) is 0 Å². The summed E-state index contributed by atoms with van der Waals surface area (Å²) in [5.41, 5.74) is 0.960. The zero-order valence-electron chi connectivity index (χ0n) is 19.4. The highest BCUT2D eigenvalue weighted by molar-refractivity contribution is 5.99. The van der Waals surface area contributed by atoms with E-state index < -0.39 is 10.9 Å². The second-order valence-electron chi connectivity index (χ2n) is 8.21. The normalized spacial score (nSPS) is 10.7. The monoisotopic (exact) mass is 471 g/mol. The molecule has 3 N–H and O–H groups in total. The number of carbonyl (C=O) groups excluding carboxylic acids is 1. The van der Waals surface area contributed by atoms with Gasteiger partial charge < -0.3 is 25.4 Å². The SMILES string of the molecule is CN(C)C(=O)c1cccc(Nc2c(NCc3cccc(OCc4ccccc4)c3)c(=O)c2=O)c1O. The molecule has 0 aromatic heterocycles. The fraction of sp³-hybridized carbons (Fsp3) is 0.148. The maximum Gasteiger partial charge on any atom is 0.257 e. The molecule has 0 aliphatic heterocycles. The first-order valence-electron chi connectivity index (χ1n) is 11.0. The van der Waals surface area contributed by atoms with Crippen LogP contribution in [0.5, 0.6) is 11.5 Å². The minimum atomic E-state index is -0.698. The molecule has 35 heavy (non-hydrogen) atoms. The lowest BCUT2D eigenvalue weighted by molar-refractivity contribution is 0.0824. The van der Waals surface area contributed by atoms with Crippen molar-refractivity contribution in [2.45, 2.75) is 13.2 Å². The molecule has 1 amide bonds. The predicted octanol–water partition coefficient (Wildman–Crippen LogP) is 3.62. The van der Waals surface area contributed by atoms with Crippen molar-refractivity contribution < 1.29 is 14.6 Å².